The normalized spacial score (nSPS) is 10.9. The highest BCUT2D eigenvalue weighted by Gasteiger charge is 2.14. The van der Waals surface area contributed by atoms with Crippen LogP contribution in [-0.2, 0) is 19.4 Å². The third-order valence-electron chi connectivity index (χ3n) is 4.61. The number of Topliss-reactive ketones (excluding diaryl/α,β-unsaturated/α-hetero) is 1. The van der Waals surface area contributed by atoms with Gasteiger partial charge < -0.3 is 4.57 Å². The highest BCUT2D eigenvalue weighted by molar-refractivity contribution is 5.96. The van der Waals surface area contributed by atoms with Crippen molar-refractivity contribution in [2.75, 3.05) is 0 Å². The molecule has 1 heterocycles. The third-order valence-corrected chi connectivity index (χ3v) is 4.61. The maximum Gasteiger partial charge on any atom is 0.182 e. The highest BCUT2D eigenvalue weighted by Crippen LogP contribution is 2.18. The van der Waals surface area contributed by atoms with Crippen LogP contribution in [0.5, 0.6) is 0 Å². The molecule has 0 aliphatic carbocycles. The van der Waals surface area contributed by atoms with Crippen LogP contribution in [0, 0.1) is 0 Å². The van der Waals surface area contributed by atoms with Gasteiger partial charge in [0.1, 0.15) is 5.82 Å². The molecule has 3 nitrogen and oxygen atoms in total. The molecule has 0 aliphatic rings. The first kappa shape index (κ1) is 16.3. The van der Waals surface area contributed by atoms with Gasteiger partial charge >= 0.3 is 0 Å². The Kier molecular flexibility index (Phi) is 4.61. The lowest BCUT2D eigenvalue weighted by Gasteiger charge is -2.09. The van der Waals surface area contributed by atoms with Crippen LogP contribution in [0.4, 0.5) is 0 Å². The summed E-state index contributed by atoms with van der Waals surface area (Å²) >= 11 is 0. The average molecular weight is 340 g/mol. The Morgan fingerprint density at radius 1 is 0.769 bits per heavy atom. The molecule has 0 N–H and O–H groups in total. The molecule has 4 rings (SSSR count). The number of hydrogen-bond acceptors (Lipinski definition) is 2. The second kappa shape index (κ2) is 7.36. The first-order chi connectivity index (χ1) is 12.8. The molecule has 0 radical (unpaired) electrons. The van der Waals surface area contributed by atoms with Gasteiger partial charge in [0.25, 0.3) is 0 Å². The summed E-state index contributed by atoms with van der Waals surface area (Å²) in [6.45, 7) is 0.314. The summed E-state index contributed by atoms with van der Waals surface area (Å²) in [5.41, 5.74) is 3.97. The van der Waals surface area contributed by atoms with Crippen LogP contribution < -0.4 is 0 Å². The van der Waals surface area contributed by atoms with Crippen LogP contribution in [0.25, 0.3) is 11.0 Å². The Morgan fingerprint density at radius 2 is 1.42 bits per heavy atom. The first-order valence-corrected chi connectivity index (χ1v) is 8.87. The summed E-state index contributed by atoms with van der Waals surface area (Å²) in [6.07, 6.45) is 1.71. The van der Waals surface area contributed by atoms with Crippen LogP contribution >= 0.6 is 0 Å². The van der Waals surface area contributed by atoms with Crippen molar-refractivity contribution in [1.82, 2.24) is 9.55 Å². The number of aryl methyl sites for hydroxylation is 2. The van der Waals surface area contributed by atoms with Gasteiger partial charge in [0.15, 0.2) is 5.78 Å². The molecule has 0 saturated carbocycles. The van der Waals surface area contributed by atoms with E-state index in [1.807, 2.05) is 60.7 Å². The van der Waals surface area contributed by atoms with Gasteiger partial charge in [-0.15, -0.1) is 0 Å². The number of carbonyl (C=O) groups is 1. The van der Waals surface area contributed by atoms with E-state index in [0.717, 1.165) is 35.3 Å². The van der Waals surface area contributed by atoms with Gasteiger partial charge in [0.2, 0.25) is 0 Å². The number of aromatic nitrogens is 2. The van der Waals surface area contributed by atoms with Gasteiger partial charge in [-0.25, -0.2) is 4.98 Å². The minimum absolute atomic E-state index is 0.106. The fourth-order valence-electron chi connectivity index (χ4n) is 3.25. The van der Waals surface area contributed by atoms with Crippen molar-refractivity contribution in [1.29, 1.82) is 0 Å². The fourth-order valence-corrected chi connectivity index (χ4v) is 3.25. The first-order valence-electron chi connectivity index (χ1n) is 8.87. The molecule has 3 heteroatoms. The van der Waals surface area contributed by atoms with Crippen LogP contribution in [0.1, 0.15) is 21.7 Å². The van der Waals surface area contributed by atoms with E-state index in [0.29, 0.717) is 6.54 Å². The van der Waals surface area contributed by atoms with Crippen molar-refractivity contribution in [3.05, 3.63) is 102 Å². The van der Waals surface area contributed by atoms with Crippen LogP contribution in [0.2, 0.25) is 0 Å². The predicted molar refractivity (Wildman–Crippen MR) is 104 cm³/mol. The zero-order chi connectivity index (χ0) is 17.8. The maximum absolute atomic E-state index is 12.7. The number of hydrogen-bond donors (Lipinski definition) is 0. The molecule has 0 fully saturated rings. The number of imidazole rings is 1. The van der Waals surface area contributed by atoms with Crippen LogP contribution in [-0.4, -0.2) is 15.3 Å². The predicted octanol–water partition coefficient (Wildman–Crippen LogP) is 4.70. The zero-order valence-corrected chi connectivity index (χ0v) is 14.5. The number of fused-ring (bicyclic) bond motifs is 1. The SMILES string of the molecule is O=C(Cn1c(CCc2ccccc2)nc2ccccc21)c1ccccc1. The number of nitrogens with zero attached hydrogens (tertiary/aromatic N) is 2. The van der Waals surface area contributed by atoms with Crippen molar-refractivity contribution in [2.24, 2.45) is 0 Å². The van der Waals surface area contributed by atoms with Crippen molar-refractivity contribution >= 4 is 16.8 Å². The molecule has 0 spiro atoms. The van der Waals surface area contributed by atoms with E-state index in [1.165, 1.54) is 5.56 Å². The van der Waals surface area contributed by atoms with Crippen LogP contribution in [0.15, 0.2) is 84.9 Å². The van der Waals surface area contributed by atoms with Crippen molar-refractivity contribution in [2.45, 2.75) is 19.4 Å². The molecule has 0 bridgehead atoms. The Balaban J connectivity index is 1.64. The molecule has 4 aromatic rings. The van der Waals surface area contributed by atoms with Gasteiger partial charge in [-0.05, 0) is 24.1 Å². The summed E-state index contributed by atoms with van der Waals surface area (Å²) in [5.74, 6) is 1.06. The molecule has 26 heavy (non-hydrogen) atoms. The summed E-state index contributed by atoms with van der Waals surface area (Å²) in [5, 5.41) is 0. The van der Waals surface area contributed by atoms with E-state index >= 15 is 0 Å². The molecule has 0 saturated heterocycles. The zero-order valence-electron chi connectivity index (χ0n) is 14.5. The van der Waals surface area contributed by atoms with Gasteiger partial charge in [0.05, 0.1) is 17.6 Å². The summed E-state index contributed by atoms with van der Waals surface area (Å²) in [6, 6.07) is 27.9. The Labute approximate surface area is 152 Å². The highest BCUT2D eigenvalue weighted by atomic mass is 16.1. The Bertz CT molecular complexity index is 1020. The number of para-hydroxylation sites is 2. The number of rotatable bonds is 6. The quantitative estimate of drug-likeness (QED) is 0.477. The number of benzene rings is 3. The van der Waals surface area contributed by atoms with Crippen LogP contribution in [0.3, 0.4) is 0 Å². The molecule has 0 amide bonds. The van der Waals surface area contributed by atoms with Gasteiger partial charge in [-0.3, -0.25) is 4.79 Å². The van der Waals surface area contributed by atoms with E-state index in [1.54, 1.807) is 0 Å². The molecule has 1 aromatic heterocycles. The second-order valence-electron chi connectivity index (χ2n) is 6.38. The average Bonchev–Trinajstić information content (AvgIpc) is 3.05. The van der Waals surface area contributed by atoms with Gasteiger partial charge in [-0.2, -0.15) is 0 Å². The number of carbonyl (C=O) groups excluding carboxylic acids is 1. The van der Waals surface area contributed by atoms with E-state index in [9.17, 15) is 4.79 Å². The molecule has 0 aliphatic heterocycles. The summed E-state index contributed by atoms with van der Waals surface area (Å²) in [7, 11) is 0. The largest absolute Gasteiger partial charge is 0.320 e. The van der Waals surface area contributed by atoms with Crippen molar-refractivity contribution in [3.8, 4) is 0 Å². The topological polar surface area (TPSA) is 34.9 Å². The second-order valence-corrected chi connectivity index (χ2v) is 6.38. The molecule has 128 valence electrons. The van der Waals surface area contributed by atoms with Crippen molar-refractivity contribution in [3.63, 3.8) is 0 Å². The van der Waals surface area contributed by atoms with Gasteiger partial charge in [-0.1, -0.05) is 72.8 Å². The lowest BCUT2D eigenvalue weighted by molar-refractivity contribution is 0.0972. The molecule has 0 unspecified atom stereocenters. The molecular weight excluding hydrogens is 320 g/mol. The minimum Gasteiger partial charge on any atom is -0.320 e. The van der Waals surface area contributed by atoms with E-state index in [-0.39, 0.29) is 5.78 Å². The minimum atomic E-state index is 0.106. The third kappa shape index (κ3) is 3.42. The van der Waals surface area contributed by atoms with E-state index < -0.39 is 0 Å². The molecule has 3 aromatic carbocycles. The lowest BCUT2D eigenvalue weighted by atomic mass is 10.1. The molecular formula is C23H20N2O. The Morgan fingerprint density at radius 3 is 2.19 bits per heavy atom. The molecule has 0 atom stereocenters. The maximum atomic E-state index is 12.7. The standard InChI is InChI=1S/C23H20N2O/c26-22(19-11-5-2-6-12-19)17-25-21-14-8-7-13-20(21)24-23(25)16-15-18-9-3-1-4-10-18/h1-14H,15-17H2. The van der Waals surface area contributed by atoms with Crippen molar-refractivity contribution < 1.29 is 4.79 Å². The number of ketones is 1. The van der Waals surface area contributed by atoms with E-state index in [2.05, 4.69) is 28.8 Å². The smallest absolute Gasteiger partial charge is 0.182 e. The fraction of sp³-hybridized carbons (Fsp3) is 0.130. The van der Waals surface area contributed by atoms with Gasteiger partial charge in [0, 0.05) is 12.0 Å². The monoisotopic (exact) mass is 340 g/mol. The Hall–Kier alpha value is -3.20. The van der Waals surface area contributed by atoms with E-state index in [4.69, 9.17) is 4.98 Å². The lowest BCUT2D eigenvalue weighted by Crippen LogP contribution is -2.13. The summed E-state index contributed by atoms with van der Waals surface area (Å²) < 4.78 is 2.06. The summed E-state index contributed by atoms with van der Waals surface area (Å²) in [4.78, 5) is 17.5.